The zero-order valence-electron chi connectivity index (χ0n) is 16.9. The van der Waals surface area contributed by atoms with Crippen LogP contribution in [0.3, 0.4) is 0 Å². The molecule has 0 radical (unpaired) electrons. The fraction of sp³-hybridized carbons (Fsp3) is 0.182. The molecule has 2 aromatic heterocycles. The Balaban J connectivity index is 1.49. The van der Waals surface area contributed by atoms with Gasteiger partial charge in [-0.05, 0) is 19.1 Å². The van der Waals surface area contributed by atoms with Crippen molar-refractivity contribution in [3.05, 3.63) is 71.2 Å². The maximum Gasteiger partial charge on any atom is 0.230 e. The average molecular weight is 436 g/mol. The van der Waals surface area contributed by atoms with Crippen LogP contribution in [0.4, 0.5) is 10.8 Å². The number of nitrogens with zero attached hydrogens (tertiary/aromatic N) is 5. The molecule has 4 rings (SSSR count). The number of thioether (sulfide) groups is 1. The van der Waals surface area contributed by atoms with Gasteiger partial charge in [0.2, 0.25) is 5.91 Å². The van der Waals surface area contributed by atoms with E-state index in [0.29, 0.717) is 10.9 Å². The van der Waals surface area contributed by atoms with Gasteiger partial charge in [-0.15, -0.1) is 21.5 Å². The summed E-state index contributed by atoms with van der Waals surface area (Å²) in [6, 6.07) is 17.8. The largest absolute Gasteiger partial charge is 0.305 e. The third-order valence-corrected chi connectivity index (χ3v) is 6.48. The summed E-state index contributed by atoms with van der Waals surface area (Å²) < 4.78 is 1.99. The molecule has 30 heavy (non-hydrogen) atoms. The maximum absolute atomic E-state index is 12.2. The van der Waals surface area contributed by atoms with Crippen LogP contribution in [0, 0.1) is 6.92 Å². The van der Waals surface area contributed by atoms with Crippen LogP contribution in [-0.4, -0.2) is 25.7 Å². The number of rotatable bonds is 6. The van der Waals surface area contributed by atoms with Gasteiger partial charge in [-0.3, -0.25) is 9.69 Å². The average Bonchev–Trinajstić information content (AvgIpc) is 3.34. The predicted molar refractivity (Wildman–Crippen MR) is 122 cm³/mol. The van der Waals surface area contributed by atoms with Gasteiger partial charge in [0.15, 0.2) is 16.1 Å². The Hall–Kier alpha value is -2.97. The first-order valence-corrected chi connectivity index (χ1v) is 11.3. The van der Waals surface area contributed by atoms with Crippen LogP contribution in [0.2, 0.25) is 0 Å². The molecule has 0 atom stereocenters. The molecule has 2 aromatic carbocycles. The summed E-state index contributed by atoms with van der Waals surface area (Å²) in [5, 5.41) is 12.2. The lowest BCUT2D eigenvalue weighted by molar-refractivity contribution is -0.115. The molecule has 0 saturated carbocycles. The second-order valence-corrected chi connectivity index (χ2v) is 8.61. The van der Waals surface area contributed by atoms with Gasteiger partial charge in [-0.2, -0.15) is 0 Å². The van der Waals surface area contributed by atoms with Gasteiger partial charge < -0.3 is 4.57 Å². The van der Waals surface area contributed by atoms with Crippen molar-refractivity contribution in [2.45, 2.75) is 24.8 Å². The first-order valence-electron chi connectivity index (χ1n) is 9.42. The fourth-order valence-corrected chi connectivity index (χ4v) is 4.80. The summed E-state index contributed by atoms with van der Waals surface area (Å²) in [5.41, 5.74) is 3.97. The molecule has 0 spiro atoms. The van der Waals surface area contributed by atoms with Crippen molar-refractivity contribution in [3.8, 4) is 11.4 Å². The molecule has 0 fully saturated rings. The highest BCUT2D eigenvalue weighted by molar-refractivity contribution is 7.98. The van der Waals surface area contributed by atoms with Crippen LogP contribution in [0.1, 0.15) is 18.2 Å². The van der Waals surface area contributed by atoms with Crippen LogP contribution in [0.5, 0.6) is 0 Å². The number of benzene rings is 2. The number of aryl methyl sites for hydroxylation is 1. The Morgan fingerprint density at radius 1 is 1.10 bits per heavy atom. The number of aromatic nitrogens is 4. The van der Waals surface area contributed by atoms with Crippen molar-refractivity contribution in [1.82, 2.24) is 19.7 Å². The van der Waals surface area contributed by atoms with Crippen molar-refractivity contribution >= 4 is 39.8 Å². The van der Waals surface area contributed by atoms with E-state index in [9.17, 15) is 4.79 Å². The monoisotopic (exact) mass is 435 g/mol. The molecule has 0 bridgehead atoms. The number of para-hydroxylation sites is 1. The number of thiazole rings is 1. The molecule has 0 aliphatic heterocycles. The van der Waals surface area contributed by atoms with Crippen LogP contribution in [0.15, 0.2) is 65.1 Å². The molecule has 0 unspecified atom stereocenters. The van der Waals surface area contributed by atoms with Gasteiger partial charge >= 0.3 is 0 Å². The first kappa shape index (κ1) is 20.3. The number of amides is 1. The van der Waals surface area contributed by atoms with Gasteiger partial charge in [0.1, 0.15) is 0 Å². The summed E-state index contributed by atoms with van der Waals surface area (Å²) >= 11 is 3.04. The van der Waals surface area contributed by atoms with Gasteiger partial charge in [-0.1, -0.05) is 59.8 Å². The highest BCUT2D eigenvalue weighted by Gasteiger charge is 2.18. The standard InChI is InChI=1S/C22H21N5OS2/c1-15-9-11-17(12-10-15)20-24-25-22(26(20)3)30-14-18-13-29-21(23-18)27(16(2)28)19-7-5-4-6-8-19/h4-13H,14H2,1-3H3. The summed E-state index contributed by atoms with van der Waals surface area (Å²) in [6.45, 7) is 3.61. The summed E-state index contributed by atoms with van der Waals surface area (Å²) in [7, 11) is 1.97. The topological polar surface area (TPSA) is 63.9 Å². The Morgan fingerprint density at radius 3 is 2.53 bits per heavy atom. The van der Waals surface area contributed by atoms with Crippen molar-refractivity contribution in [2.24, 2.45) is 7.05 Å². The van der Waals surface area contributed by atoms with Gasteiger partial charge in [-0.25, -0.2) is 4.98 Å². The lowest BCUT2D eigenvalue weighted by Crippen LogP contribution is -2.22. The number of carbonyl (C=O) groups excluding carboxylic acids is 1. The number of carbonyl (C=O) groups is 1. The van der Waals surface area contributed by atoms with Crippen LogP contribution >= 0.6 is 23.1 Å². The van der Waals surface area contributed by atoms with E-state index >= 15 is 0 Å². The quantitative estimate of drug-likeness (QED) is 0.388. The SMILES string of the molecule is CC(=O)N(c1ccccc1)c1nc(CSc2nnc(-c3ccc(C)cc3)n2C)cs1. The number of anilines is 2. The summed E-state index contributed by atoms with van der Waals surface area (Å²) in [4.78, 5) is 18.5. The lowest BCUT2D eigenvalue weighted by Gasteiger charge is -2.17. The van der Waals surface area contributed by atoms with Crippen LogP contribution < -0.4 is 4.90 Å². The van der Waals surface area contributed by atoms with E-state index < -0.39 is 0 Å². The smallest absolute Gasteiger partial charge is 0.230 e. The molecule has 0 N–H and O–H groups in total. The van der Waals surface area contributed by atoms with E-state index in [-0.39, 0.29) is 5.91 Å². The number of hydrogen-bond donors (Lipinski definition) is 0. The van der Waals surface area contributed by atoms with E-state index in [2.05, 4.69) is 46.4 Å². The Bertz CT molecular complexity index is 1150. The molecule has 0 saturated heterocycles. The molecule has 8 heteroatoms. The predicted octanol–water partition coefficient (Wildman–Crippen LogP) is 5.22. The minimum absolute atomic E-state index is 0.0641. The minimum atomic E-state index is -0.0641. The molecular weight excluding hydrogens is 414 g/mol. The minimum Gasteiger partial charge on any atom is -0.305 e. The van der Waals surface area contributed by atoms with Crippen molar-refractivity contribution in [2.75, 3.05) is 4.90 Å². The molecule has 0 aliphatic rings. The second-order valence-electron chi connectivity index (χ2n) is 6.83. The van der Waals surface area contributed by atoms with Gasteiger partial charge in [0, 0.05) is 30.7 Å². The van der Waals surface area contributed by atoms with E-state index in [0.717, 1.165) is 27.9 Å². The second kappa shape index (κ2) is 8.81. The number of hydrogen-bond acceptors (Lipinski definition) is 6. The van der Waals surface area contributed by atoms with E-state index in [4.69, 9.17) is 0 Å². The molecule has 1 amide bonds. The summed E-state index contributed by atoms with van der Waals surface area (Å²) in [6.07, 6.45) is 0. The van der Waals surface area contributed by atoms with Crippen LogP contribution in [-0.2, 0) is 17.6 Å². The fourth-order valence-electron chi connectivity index (χ4n) is 3.00. The normalized spacial score (nSPS) is 10.9. The Labute approximate surface area is 183 Å². The molecule has 0 aliphatic carbocycles. The zero-order valence-corrected chi connectivity index (χ0v) is 18.6. The molecule has 2 heterocycles. The molecule has 6 nitrogen and oxygen atoms in total. The molecule has 4 aromatic rings. The zero-order chi connectivity index (χ0) is 21.1. The third kappa shape index (κ3) is 4.29. The maximum atomic E-state index is 12.2. The van der Waals surface area contributed by atoms with E-state index in [1.807, 2.05) is 47.3 Å². The van der Waals surface area contributed by atoms with Crippen LogP contribution in [0.25, 0.3) is 11.4 Å². The van der Waals surface area contributed by atoms with Gasteiger partial charge in [0.05, 0.1) is 11.4 Å². The highest BCUT2D eigenvalue weighted by Crippen LogP contribution is 2.31. The first-order chi connectivity index (χ1) is 14.5. The lowest BCUT2D eigenvalue weighted by atomic mass is 10.1. The Kier molecular flexibility index (Phi) is 5.96. The van der Waals surface area contributed by atoms with E-state index in [1.165, 1.54) is 16.9 Å². The molecular formula is C22H21N5OS2. The molecule has 152 valence electrons. The van der Waals surface area contributed by atoms with E-state index in [1.54, 1.807) is 23.6 Å². The third-order valence-electron chi connectivity index (χ3n) is 4.55. The van der Waals surface area contributed by atoms with Crippen molar-refractivity contribution in [3.63, 3.8) is 0 Å². The van der Waals surface area contributed by atoms with Crippen molar-refractivity contribution in [1.29, 1.82) is 0 Å². The van der Waals surface area contributed by atoms with Gasteiger partial charge in [0.25, 0.3) is 0 Å². The Morgan fingerprint density at radius 2 is 1.83 bits per heavy atom. The summed E-state index contributed by atoms with van der Waals surface area (Å²) in [5.74, 6) is 1.42. The highest BCUT2D eigenvalue weighted by atomic mass is 32.2. The van der Waals surface area contributed by atoms with Crippen molar-refractivity contribution < 1.29 is 4.79 Å².